The second-order valence-electron chi connectivity index (χ2n) is 10.7. The zero-order valence-corrected chi connectivity index (χ0v) is 23.2. The Kier molecular flexibility index (Phi) is 7.49. The van der Waals surface area contributed by atoms with Crippen molar-refractivity contribution in [3.8, 4) is 22.5 Å². The van der Waals surface area contributed by atoms with E-state index in [1.807, 2.05) is 98.8 Å². The molecule has 2 heterocycles. The molecule has 5 aromatic rings. The van der Waals surface area contributed by atoms with Crippen molar-refractivity contribution in [2.24, 2.45) is 5.92 Å². The van der Waals surface area contributed by atoms with Gasteiger partial charge in [-0.2, -0.15) is 0 Å². The summed E-state index contributed by atoms with van der Waals surface area (Å²) in [6, 6.07) is 31.9. The smallest absolute Gasteiger partial charge is 0.309 e. The van der Waals surface area contributed by atoms with Gasteiger partial charge in [-0.3, -0.25) is 9.78 Å². The number of aliphatic hydroxyl groups is 1. The number of rotatable bonds is 9. The lowest BCUT2D eigenvalue weighted by molar-refractivity contribution is -0.150. The first-order valence-electron chi connectivity index (χ1n) is 14.0. The zero-order valence-electron chi connectivity index (χ0n) is 23.2. The highest BCUT2D eigenvalue weighted by Crippen LogP contribution is 2.36. The van der Waals surface area contributed by atoms with Gasteiger partial charge in [0.2, 0.25) is 0 Å². The molecule has 206 valence electrons. The van der Waals surface area contributed by atoms with Gasteiger partial charge in [0.25, 0.3) is 0 Å². The molecule has 0 aliphatic heterocycles. The molecule has 1 N–H and O–H groups in total. The van der Waals surface area contributed by atoms with Gasteiger partial charge >= 0.3 is 5.97 Å². The molecule has 2 aromatic heterocycles. The van der Waals surface area contributed by atoms with Crippen molar-refractivity contribution >= 4 is 5.97 Å². The van der Waals surface area contributed by atoms with Crippen molar-refractivity contribution in [2.45, 2.75) is 45.3 Å². The fraction of sp³-hybridized carbons (Fsp3) is 0.229. The highest BCUT2D eigenvalue weighted by atomic mass is 16.5. The van der Waals surface area contributed by atoms with Crippen molar-refractivity contribution in [1.29, 1.82) is 0 Å². The fourth-order valence-corrected chi connectivity index (χ4v) is 5.03. The SMILES string of the molecule is Cc1noc(-c2ccc(-c3ccc(C(C)OC(=O)C4CC4)cc3)cc2)c1C(O)c1cccc(Cc2ccccc2)n1. The van der Waals surface area contributed by atoms with Crippen LogP contribution in [0.4, 0.5) is 0 Å². The number of aryl methyl sites for hydroxylation is 1. The average Bonchev–Trinajstić information content (AvgIpc) is 3.79. The minimum absolute atomic E-state index is 0.0890. The lowest BCUT2D eigenvalue weighted by atomic mass is 9.97. The number of carbonyl (C=O) groups is 1. The summed E-state index contributed by atoms with van der Waals surface area (Å²) in [7, 11) is 0. The highest BCUT2D eigenvalue weighted by molar-refractivity contribution is 5.75. The van der Waals surface area contributed by atoms with Crippen molar-refractivity contribution in [3.63, 3.8) is 0 Å². The number of hydrogen-bond acceptors (Lipinski definition) is 6. The summed E-state index contributed by atoms with van der Waals surface area (Å²) in [6.07, 6.45) is 1.31. The summed E-state index contributed by atoms with van der Waals surface area (Å²) in [5.41, 5.74) is 7.72. The van der Waals surface area contributed by atoms with Crippen LogP contribution in [0.2, 0.25) is 0 Å². The van der Waals surface area contributed by atoms with E-state index in [1.165, 1.54) is 0 Å². The van der Waals surface area contributed by atoms with E-state index in [9.17, 15) is 9.90 Å². The molecule has 1 saturated carbocycles. The van der Waals surface area contributed by atoms with Crippen LogP contribution in [0.25, 0.3) is 22.5 Å². The summed E-state index contributed by atoms with van der Waals surface area (Å²) >= 11 is 0. The third-order valence-corrected chi connectivity index (χ3v) is 7.58. The summed E-state index contributed by atoms with van der Waals surface area (Å²) < 4.78 is 11.3. The predicted octanol–water partition coefficient (Wildman–Crippen LogP) is 7.40. The molecule has 0 bridgehead atoms. The molecule has 2 atom stereocenters. The van der Waals surface area contributed by atoms with Crippen molar-refractivity contribution < 1.29 is 19.2 Å². The van der Waals surface area contributed by atoms with Crippen LogP contribution >= 0.6 is 0 Å². The molecular weight excluding hydrogens is 512 g/mol. The molecule has 6 rings (SSSR count). The van der Waals surface area contributed by atoms with Gasteiger partial charge in [-0.25, -0.2) is 0 Å². The molecule has 41 heavy (non-hydrogen) atoms. The Labute approximate surface area is 239 Å². The molecule has 6 nitrogen and oxygen atoms in total. The monoisotopic (exact) mass is 544 g/mol. The van der Waals surface area contributed by atoms with E-state index in [0.29, 0.717) is 29.1 Å². The summed E-state index contributed by atoms with van der Waals surface area (Å²) in [4.78, 5) is 16.8. The molecule has 0 spiro atoms. The number of esters is 1. The second kappa shape index (κ2) is 11.5. The van der Waals surface area contributed by atoms with Crippen LogP contribution in [0.5, 0.6) is 0 Å². The van der Waals surface area contributed by atoms with Crippen LogP contribution in [-0.2, 0) is 16.0 Å². The van der Waals surface area contributed by atoms with Crippen molar-refractivity contribution in [1.82, 2.24) is 10.1 Å². The Hall–Kier alpha value is -4.55. The van der Waals surface area contributed by atoms with E-state index in [-0.39, 0.29) is 18.0 Å². The molecule has 0 saturated heterocycles. The number of aliphatic hydroxyl groups excluding tert-OH is 1. The first kappa shape index (κ1) is 26.7. The van der Waals surface area contributed by atoms with Crippen LogP contribution in [-0.4, -0.2) is 21.2 Å². The number of benzene rings is 3. The molecule has 6 heteroatoms. The van der Waals surface area contributed by atoms with Crippen LogP contribution < -0.4 is 0 Å². The minimum Gasteiger partial charge on any atom is -0.458 e. The maximum Gasteiger partial charge on any atom is 0.309 e. The molecule has 3 aromatic carbocycles. The number of ether oxygens (including phenoxy) is 1. The van der Waals surface area contributed by atoms with Gasteiger partial charge in [-0.1, -0.05) is 90.1 Å². The topological polar surface area (TPSA) is 85.5 Å². The third kappa shape index (κ3) is 5.98. The van der Waals surface area contributed by atoms with Gasteiger partial charge in [0.15, 0.2) is 5.76 Å². The lowest BCUT2D eigenvalue weighted by Gasteiger charge is -2.14. The maximum absolute atomic E-state index is 12.0. The molecule has 0 radical (unpaired) electrons. The molecule has 1 aliphatic rings. The normalized spacial score (nSPS) is 14.4. The molecule has 2 unspecified atom stereocenters. The zero-order chi connectivity index (χ0) is 28.3. The summed E-state index contributed by atoms with van der Waals surface area (Å²) in [5, 5.41) is 15.6. The predicted molar refractivity (Wildman–Crippen MR) is 157 cm³/mol. The van der Waals surface area contributed by atoms with Gasteiger partial charge in [0.05, 0.1) is 22.9 Å². The van der Waals surface area contributed by atoms with Gasteiger partial charge < -0.3 is 14.4 Å². The minimum atomic E-state index is -0.977. The third-order valence-electron chi connectivity index (χ3n) is 7.58. The Morgan fingerprint density at radius 2 is 1.56 bits per heavy atom. The van der Waals surface area contributed by atoms with E-state index in [2.05, 4.69) is 17.3 Å². The van der Waals surface area contributed by atoms with Crippen LogP contribution in [0.1, 0.15) is 65.7 Å². The van der Waals surface area contributed by atoms with Crippen molar-refractivity contribution in [3.05, 3.63) is 131 Å². The molecular formula is C35H32N2O4. The second-order valence-corrected chi connectivity index (χ2v) is 10.7. The number of pyridine rings is 1. The first-order valence-corrected chi connectivity index (χ1v) is 14.0. The van der Waals surface area contributed by atoms with E-state index < -0.39 is 6.10 Å². The molecule has 0 amide bonds. The fourth-order valence-electron chi connectivity index (χ4n) is 5.03. The van der Waals surface area contributed by atoms with E-state index in [1.54, 1.807) is 0 Å². The molecule has 1 aliphatic carbocycles. The number of hydrogen-bond donors (Lipinski definition) is 1. The van der Waals surface area contributed by atoms with E-state index in [0.717, 1.165) is 46.4 Å². The standard InChI is InChI=1S/C35H32N2O4/c1-22-32(33(38)31-10-6-9-30(36-31)21-24-7-4-3-5-8-24)34(41-37-22)28-17-15-27(16-18-28)26-13-11-25(12-14-26)23(2)40-35(39)29-19-20-29/h3-18,23,29,33,38H,19-21H2,1-2H3. The maximum atomic E-state index is 12.0. The van der Waals surface area contributed by atoms with E-state index in [4.69, 9.17) is 14.2 Å². The van der Waals surface area contributed by atoms with Gasteiger partial charge in [-0.05, 0) is 61.1 Å². The summed E-state index contributed by atoms with van der Waals surface area (Å²) in [5.74, 6) is 0.518. The largest absolute Gasteiger partial charge is 0.458 e. The molecule has 1 fully saturated rings. The highest BCUT2D eigenvalue weighted by Gasteiger charge is 2.32. The average molecular weight is 545 g/mol. The number of aromatic nitrogens is 2. The van der Waals surface area contributed by atoms with Gasteiger partial charge in [0.1, 0.15) is 12.2 Å². The summed E-state index contributed by atoms with van der Waals surface area (Å²) in [6.45, 7) is 3.74. The quantitative estimate of drug-likeness (QED) is 0.195. The van der Waals surface area contributed by atoms with Gasteiger partial charge in [-0.15, -0.1) is 0 Å². The number of nitrogens with zero attached hydrogens (tertiary/aromatic N) is 2. The van der Waals surface area contributed by atoms with E-state index >= 15 is 0 Å². The van der Waals surface area contributed by atoms with Crippen LogP contribution in [0, 0.1) is 12.8 Å². The van der Waals surface area contributed by atoms with Crippen molar-refractivity contribution in [2.75, 3.05) is 0 Å². The Morgan fingerprint density at radius 3 is 2.24 bits per heavy atom. The van der Waals surface area contributed by atoms with Gasteiger partial charge in [0, 0.05) is 17.7 Å². The Bertz CT molecular complexity index is 1640. The Balaban J connectivity index is 1.19. The van der Waals surface area contributed by atoms with Crippen LogP contribution in [0.15, 0.2) is 102 Å². The number of carbonyl (C=O) groups excluding carboxylic acids is 1. The first-order chi connectivity index (χ1) is 20.0. The lowest BCUT2D eigenvalue weighted by Crippen LogP contribution is -2.10. The van der Waals surface area contributed by atoms with Crippen LogP contribution in [0.3, 0.4) is 0 Å². The Morgan fingerprint density at radius 1 is 0.902 bits per heavy atom.